The van der Waals surface area contributed by atoms with E-state index < -0.39 is 0 Å². The van der Waals surface area contributed by atoms with E-state index in [1.807, 2.05) is 12.1 Å². The Hall–Kier alpha value is -0.410. The summed E-state index contributed by atoms with van der Waals surface area (Å²) in [5.41, 5.74) is 7.05. The van der Waals surface area contributed by atoms with Crippen LogP contribution in [0.4, 0.5) is 4.39 Å². The van der Waals surface area contributed by atoms with Gasteiger partial charge in [0.2, 0.25) is 0 Å². The lowest BCUT2D eigenvalue weighted by Crippen LogP contribution is -2.13. The number of rotatable bonds is 3. The summed E-state index contributed by atoms with van der Waals surface area (Å²) in [6.45, 7) is 0.703. The molecule has 3 heteroatoms. The molecule has 2 rings (SSSR count). The molecule has 1 fully saturated rings. The molecule has 0 aromatic heterocycles. The van der Waals surface area contributed by atoms with Gasteiger partial charge in [0.1, 0.15) is 5.82 Å². The fourth-order valence-electron chi connectivity index (χ4n) is 1.94. The molecule has 0 bridgehead atoms. The van der Waals surface area contributed by atoms with E-state index in [1.54, 1.807) is 0 Å². The van der Waals surface area contributed by atoms with Crippen LogP contribution in [0.5, 0.6) is 0 Å². The van der Waals surface area contributed by atoms with E-state index in [1.165, 1.54) is 24.5 Å². The minimum atomic E-state index is -0.197. The maximum Gasteiger partial charge on any atom is 0.137 e. The molecule has 0 spiro atoms. The van der Waals surface area contributed by atoms with Crippen molar-refractivity contribution in [3.8, 4) is 0 Å². The SMILES string of the molecule is NCCC1(c2ccc(F)c(Br)c2)CC1. The zero-order valence-corrected chi connectivity index (χ0v) is 9.48. The van der Waals surface area contributed by atoms with Crippen molar-refractivity contribution in [2.75, 3.05) is 6.54 Å². The predicted molar refractivity (Wildman–Crippen MR) is 58.7 cm³/mol. The third-order valence-corrected chi connectivity index (χ3v) is 3.62. The van der Waals surface area contributed by atoms with Gasteiger partial charge in [0.15, 0.2) is 0 Å². The largest absolute Gasteiger partial charge is 0.330 e. The van der Waals surface area contributed by atoms with Gasteiger partial charge in [0, 0.05) is 0 Å². The summed E-state index contributed by atoms with van der Waals surface area (Å²) >= 11 is 3.21. The molecular formula is C11H13BrFN. The average molecular weight is 258 g/mol. The van der Waals surface area contributed by atoms with Gasteiger partial charge in [0.25, 0.3) is 0 Å². The van der Waals surface area contributed by atoms with Gasteiger partial charge in [-0.3, -0.25) is 0 Å². The maximum atomic E-state index is 13.0. The molecule has 0 aliphatic heterocycles. The van der Waals surface area contributed by atoms with E-state index in [-0.39, 0.29) is 11.2 Å². The van der Waals surface area contributed by atoms with Gasteiger partial charge in [-0.1, -0.05) is 6.07 Å². The molecule has 1 aliphatic rings. The second kappa shape index (κ2) is 3.63. The summed E-state index contributed by atoms with van der Waals surface area (Å²) in [6, 6.07) is 5.29. The molecule has 2 N–H and O–H groups in total. The molecule has 0 saturated heterocycles. The quantitative estimate of drug-likeness (QED) is 0.886. The molecular weight excluding hydrogens is 245 g/mol. The third kappa shape index (κ3) is 1.71. The van der Waals surface area contributed by atoms with Gasteiger partial charge >= 0.3 is 0 Å². The second-order valence-corrected chi connectivity index (χ2v) is 4.80. The monoisotopic (exact) mass is 257 g/mol. The fourth-order valence-corrected chi connectivity index (χ4v) is 2.31. The first kappa shape index (κ1) is 10.1. The molecule has 1 aromatic carbocycles. The van der Waals surface area contributed by atoms with Crippen molar-refractivity contribution >= 4 is 15.9 Å². The summed E-state index contributed by atoms with van der Waals surface area (Å²) in [5, 5.41) is 0. The molecule has 0 amide bonds. The number of halogens is 2. The van der Waals surface area contributed by atoms with Crippen LogP contribution in [0, 0.1) is 5.82 Å². The van der Waals surface area contributed by atoms with E-state index in [4.69, 9.17) is 5.73 Å². The number of hydrogen-bond donors (Lipinski definition) is 1. The van der Waals surface area contributed by atoms with E-state index in [2.05, 4.69) is 15.9 Å². The Morgan fingerprint density at radius 2 is 2.14 bits per heavy atom. The lowest BCUT2D eigenvalue weighted by Gasteiger charge is -2.14. The van der Waals surface area contributed by atoms with Crippen LogP contribution in [-0.2, 0) is 5.41 Å². The standard InChI is InChI=1S/C11H13BrFN/c12-9-7-8(1-2-10(9)13)11(3-4-11)5-6-14/h1-2,7H,3-6,14H2. The highest BCUT2D eigenvalue weighted by atomic mass is 79.9. The van der Waals surface area contributed by atoms with Crippen molar-refractivity contribution in [3.05, 3.63) is 34.1 Å². The first-order chi connectivity index (χ1) is 6.68. The highest BCUT2D eigenvalue weighted by Gasteiger charge is 2.43. The summed E-state index contributed by atoms with van der Waals surface area (Å²) in [6.07, 6.45) is 3.37. The Bertz CT molecular complexity index is 347. The van der Waals surface area contributed by atoms with Crippen LogP contribution in [0.25, 0.3) is 0 Å². The minimum absolute atomic E-state index is 0.197. The number of hydrogen-bond acceptors (Lipinski definition) is 1. The van der Waals surface area contributed by atoms with Crippen LogP contribution in [0.2, 0.25) is 0 Å². The Morgan fingerprint density at radius 1 is 1.43 bits per heavy atom. The zero-order valence-electron chi connectivity index (χ0n) is 7.89. The third-order valence-electron chi connectivity index (χ3n) is 3.01. The number of nitrogens with two attached hydrogens (primary N) is 1. The van der Waals surface area contributed by atoms with Crippen LogP contribution in [0.3, 0.4) is 0 Å². The molecule has 76 valence electrons. The van der Waals surface area contributed by atoms with Crippen molar-refractivity contribution in [2.24, 2.45) is 5.73 Å². The Kier molecular flexibility index (Phi) is 2.62. The van der Waals surface area contributed by atoms with Crippen molar-refractivity contribution in [1.29, 1.82) is 0 Å². The van der Waals surface area contributed by atoms with Crippen LogP contribution in [0.1, 0.15) is 24.8 Å². The molecule has 0 atom stereocenters. The fraction of sp³-hybridized carbons (Fsp3) is 0.455. The molecule has 0 radical (unpaired) electrons. The summed E-state index contributed by atoms with van der Waals surface area (Å²) in [7, 11) is 0. The van der Waals surface area contributed by atoms with Crippen LogP contribution >= 0.6 is 15.9 Å². The maximum absolute atomic E-state index is 13.0. The van der Waals surface area contributed by atoms with E-state index in [0.29, 0.717) is 11.0 Å². The van der Waals surface area contributed by atoms with Gasteiger partial charge in [-0.15, -0.1) is 0 Å². The lowest BCUT2D eigenvalue weighted by molar-refractivity contribution is 0.606. The molecule has 14 heavy (non-hydrogen) atoms. The van der Waals surface area contributed by atoms with Crippen molar-refractivity contribution in [2.45, 2.75) is 24.7 Å². The molecule has 0 unspecified atom stereocenters. The molecule has 1 saturated carbocycles. The molecule has 0 heterocycles. The topological polar surface area (TPSA) is 26.0 Å². The van der Waals surface area contributed by atoms with E-state index in [9.17, 15) is 4.39 Å². The average Bonchev–Trinajstić information content (AvgIpc) is 2.91. The van der Waals surface area contributed by atoms with Gasteiger partial charge in [0.05, 0.1) is 4.47 Å². The van der Waals surface area contributed by atoms with Crippen molar-refractivity contribution < 1.29 is 4.39 Å². The van der Waals surface area contributed by atoms with Crippen LogP contribution in [-0.4, -0.2) is 6.54 Å². The Labute approximate surface area is 91.6 Å². The van der Waals surface area contributed by atoms with Gasteiger partial charge in [-0.2, -0.15) is 0 Å². The minimum Gasteiger partial charge on any atom is -0.330 e. The summed E-state index contributed by atoms with van der Waals surface area (Å²) < 4.78 is 13.6. The Morgan fingerprint density at radius 3 is 2.64 bits per heavy atom. The van der Waals surface area contributed by atoms with Crippen molar-refractivity contribution in [1.82, 2.24) is 0 Å². The van der Waals surface area contributed by atoms with Gasteiger partial charge in [-0.25, -0.2) is 4.39 Å². The summed E-state index contributed by atoms with van der Waals surface area (Å²) in [5.74, 6) is -0.197. The van der Waals surface area contributed by atoms with Crippen LogP contribution in [0.15, 0.2) is 22.7 Å². The van der Waals surface area contributed by atoms with E-state index >= 15 is 0 Å². The highest BCUT2D eigenvalue weighted by Crippen LogP contribution is 2.51. The lowest BCUT2D eigenvalue weighted by atomic mass is 9.92. The van der Waals surface area contributed by atoms with Crippen molar-refractivity contribution in [3.63, 3.8) is 0 Å². The zero-order chi connectivity index (χ0) is 10.2. The smallest absolute Gasteiger partial charge is 0.137 e. The predicted octanol–water partition coefficient (Wildman–Crippen LogP) is 2.97. The molecule has 1 nitrogen and oxygen atoms in total. The first-order valence-corrected chi connectivity index (χ1v) is 5.63. The van der Waals surface area contributed by atoms with Gasteiger partial charge < -0.3 is 5.73 Å². The molecule has 1 aromatic rings. The normalized spacial score (nSPS) is 18.2. The van der Waals surface area contributed by atoms with Crippen LogP contribution < -0.4 is 5.73 Å². The summed E-state index contributed by atoms with van der Waals surface area (Å²) in [4.78, 5) is 0. The van der Waals surface area contributed by atoms with E-state index in [0.717, 1.165) is 6.42 Å². The first-order valence-electron chi connectivity index (χ1n) is 4.83. The molecule has 1 aliphatic carbocycles. The number of benzene rings is 1. The van der Waals surface area contributed by atoms with Gasteiger partial charge in [-0.05, 0) is 64.8 Å². The Balaban J connectivity index is 2.28. The highest BCUT2D eigenvalue weighted by molar-refractivity contribution is 9.10. The second-order valence-electron chi connectivity index (χ2n) is 3.95.